The van der Waals surface area contributed by atoms with Crippen molar-refractivity contribution < 1.29 is 4.79 Å². The Morgan fingerprint density at radius 3 is 2.56 bits per heavy atom. The molecule has 1 unspecified atom stereocenters. The molecule has 7 heteroatoms. The lowest BCUT2D eigenvalue weighted by Crippen LogP contribution is -2.40. The van der Waals surface area contributed by atoms with Gasteiger partial charge in [-0.05, 0) is 68.5 Å². The minimum absolute atomic E-state index is 0.140. The summed E-state index contributed by atoms with van der Waals surface area (Å²) < 4.78 is 0. The fourth-order valence-corrected chi connectivity index (χ4v) is 5.04. The fraction of sp³-hybridized carbons (Fsp3) is 0.360. The van der Waals surface area contributed by atoms with Crippen LogP contribution in [0.3, 0.4) is 0 Å². The summed E-state index contributed by atoms with van der Waals surface area (Å²) in [6, 6.07) is 17.8. The molecule has 32 heavy (non-hydrogen) atoms. The molecule has 1 aliphatic rings. The number of carbonyl (C=O) groups excluding carboxylic acids is 1. The van der Waals surface area contributed by atoms with Crippen molar-refractivity contribution >= 4 is 29.1 Å². The van der Waals surface area contributed by atoms with Gasteiger partial charge in [0.2, 0.25) is 0 Å². The van der Waals surface area contributed by atoms with Gasteiger partial charge < -0.3 is 5.32 Å². The number of hydrogen-bond acceptors (Lipinski definition) is 3. The third-order valence-corrected chi connectivity index (χ3v) is 6.84. The van der Waals surface area contributed by atoms with Crippen molar-refractivity contribution in [2.24, 2.45) is 5.92 Å². The highest BCUT2D eigenvalue weighted by molar-refractivity contribution is 6.35. The van der Waals surface area contributed by atoms with E-state index in [4.69, 9.17) is 23.2 Å². The topological polar surface area (TPSA) is 61.0 Å². The van der Waals surface area contributed by atoms with Crippen LogP contribution >= 0.6 is 23.2 Å². The number of rotatable bonds is 7. The highest BCUT2D eigenvalue weighted by Crippen LogP contribution is 2.31. The second-order valence-electron chi connectivity index (χ2n) is 8.58. The number of amides is 1. The molecule has 3 aromatic rings. The Labute approximate surface area is 199 Å². The van der Waals surface area contributed by atoms with Crippen LogP contribution in [0.2, 0.25) is 10.0 Å². The van der Waals surface area contributed by atoms with E-state index >= 15 is 0 Å². The van der Waals surface area contributed by atoms with Crippen molar-refractivity contribution in [1.29, 1.82) is 0 Å². The summed E-state index contributed by atoms with van der Waals surface area (Å²) in [5, 5.41) is 11.4. The van der Waals surface area contributed by atoms with Gasteiger partial charge in [0.25, 0.3) is 5.91 Å². The van der Waals surface area contributed by atoms with E-state index < -0.39 is 0 Å². The molecule has 0 bridgehead atoms. The third kappa shape index (κ3) is 5.52. The number of aromatic amines is 1. The van der Waals surface area contributed by atoms with E-state index in [2.05, 4.69) is 51.7 Å². The van der Waals surface area contributed by atoms with Gasteiger partial charge in [-0.3, -0.25) is 14.8 Å². The van der Waals surface area contributed by atoms with Crippen LogP contribution < -0.4 is 5.32 Å². The Morgan fingerprint density at radius 2 is 1.88 bits per heavy atom. The number of benzene rings is 2. The Hall–Kier alpha value is -2.34. The highest BCUT2D eigenvalue weighted by Gasteiger charge is 2.27. The number of H-pyrrole nitrogens is 1. The number of aromatic nitrogens is 2. The Kier molecular flexibility index (Phi) is 7.51. The molecule has 4 rings (SSSR count). The molecule has 1 heterocycles. The standard InChI is InChI=1S/C25H28Cl2N4O/c1-31(24(23-13-14-28-30-23)18-5-3-2-4-6-18)16-17-7-10-20(11-8-17)29-25(32)21-15-19(26)9-12-22(21)27/h2-6,9,12-15,17,20,24H,7-8,10-11,16H2,1H3,(H,28,30)(H,29,32). The predicted octanol–water partition coefficient (Wildman–Crippen LogP) is 5.73. The van der Waals surface area contributed by atoms with Crippen molar-refractivity contribution in [3.8, 4) is 0 Å². The van der Waals surface area contributed by atoms with Crippen LogP contribution in [0.4, 0.5) is 0 Å². The van der Waals surface area contributed by atoms with Gasteiger partial charge in [0.1, 0.15) is 0 Å². The lowest BCUT2D eigenvalue weighted by Gasteiger charge is -2.35. The largest absolute Gasteiger partial charge is 0.349 e. The molecule has 1 atom stereocenters. The first-order valence-electron chi connectivity index (χ1n) is 11.0. The summed E-state index contributed by atoms with van der Waals surface area (Å²) in [6.07, 6.45) is 5.87. The van der Waals surface area contributed by atoms with E-state index in [-0.39, 0.29) is 18.0 Å². The third-order valence-electron chi connectivity index (χ3n) is 6.27. The molecule has 0 saturated heterocycles. The van der Waals surface area contributed by atoms with E-state index in [9.17, 15) is 4.79 Å². The number of nitrogens with one attached hydrogen (secondary N) is 2. The maximum atomic E-state index is 12.7. The van der Waals surface area contributed by atoms with Crippen LogP contribution in [0.1, 0.15) is 53.3 Å². The lowest BCUT2D eigenvalue weighted by molar-refractivity contribution is 0.0916. The number of nitrogens with zero attached hydrogens (tertiary/aromatic N) is 2. The van der Waals surface area contributed by atoms with Crippen LogP contribution in [-0.2, 0) is 0 Å². The maximum Gasteiger partial charge on any atom is 0.253 e. The Balaban J connectivity index is 1.34. The van der Waals surface area contributed by atoms with Crippen LogP contribution in [0.5, 0.6) is 0 Å². The Bertz CT molecular complexity index is 1020. The average Bonchev–Trinajstić information content (AvgIpc) is 3.32. The van der Waals surface area contributed by atoms with Gasteiger partial charge >= 0.3 is 0 Å². The zero-order valence-corrected chi connectivity index (χ0v) is 19.6. The zero-order valence-electron chi connectivity index (χ0n) is 18.1. The second kappa shape index (κ2) is 10.5. The summed E-state index contributed by atoms with van der Waals surface area (Å²) in [5.41, 5.74) is 2.78. The van der Waals surface area contributed by atoms with E-state index in [1.54, 1.807) is 24.4 Å². The molecule has 2 aromatic carbocycles. The molecule has 2 N–H and O–H groups in total. The van der Waals surface area contributed by atoms with Gasteiger partial charge in [0.15, 0.2) is 0 Å². The predicted molar refractivity (Wildman–Crippen MR) is 129 cm³/mol. The van der Waals surface area contributed by atoms with Crippen molar-refractivity contribution in [3.05, 3.63) is 87.7 Å². The maximum absolute atomic E-state index is 12.7. The summed E-state index contributed by atoms with van der Waals surface area (Å²) in [6.45, 7) is 0.985. The molecule has 0 spiro atoms. The summed E-state index contributed by atoms with van der Waals surface area (Å²) in [7, 11) is 2.17. The van der Waals surface area contributed by atoms with E-state index in [1.807, 2.05) is 12.1 Å². The molecule has 1 saturated carbocycles. The average molecular weight is 471 g/mol. The molecule has 1 amide bonds. The SMILES string of the molecule is CN(CC1CCC(NC(=O)c2cc(Cl)ccc2Cl)CC1)C(c1ccccc1)c1ccn[nH]1. The quantitative estimate of drug-likeness (QED) is 0.463. The molecular weight excluding hydrogens is 443 g/mol. The highest BCUT2D eigenvalue weighted by atomic mass is 35.5. The van der Waals surface area contributed by atoms with Gasteiger partial charge in [0.05, 0.1) is 22.3 Å². The monoisotopic (exact) mass is 470 g/mol. The Morgan fingerprint density at radius 1 is 1.12 bits per heavy atom. The fourth-order valence-electron chi connectivity index (χ4n) is 4.66. The second-order valence-corrected chi connectivity index (χ2v) is 9.42. The van der Waals surface area contributed by atoms with Crippen molar-refractivity contribution in [3.63, 3.8) is 0 Å². The summed E-state index contributed by atoms with van der Waals surface area (Å²) in [5.74, 6) is 0.429. The molecule has 0 aliphatic heterocycles. The molecule has 1 fully saturated rings. The van der Waals surface area contributed by atoms with Gasteiger partial charge in [-0.1, -0.05) is 53.5 Å². The van der Waals surface area contributed by atoms with Crippen LogP contribution in [0.15, 0.2) is 60.8 Å². The minimum atomic E-state index is -0.151. The van der Waals surface area contributed by atoms with E-state index in [0.29, 0.717) is 21.5 Å². The summed E-state index contributed by atoms with van der Waals surface area (Å²) >= 11 is 12.2. The van der Waals surface area contributed by atoms with Crippen LogP contribution in [-0.4, -0.2) is 40.6 Å². The van der Waals surface area contributed by atoms with Crippen molar-refractivity contribution in [1.82, 2.24) is 20.4 Å². The van der Waals surface area contributed by atoms with E-state index in [0.717, 1.165) is 37.9 Å². The van der Waals surface area contributed by atoms with Gasteiger partial charge in [-0.15, -0.1) is 0 Å². The molecule has 5 nitrogen and oxygen atoms in total. The molecule has 1 aromatic heterocycles. The lowest BCUT2D eigenvalue weighted by atomic mass is 9.85. The van der Waals surface area contributed by atoms with Crippen molar-refractivity contribution in [2.45, 2.75) is 37.8 Å². The number of hydrogen-bond donors (Lipinski definition) is 2. The number of carbonyl (C=O) groups is 1. The summed E-state index contributed by atoms with van der Waals surface area (Å²) in [4.78, 5) is 15.1. The molecule has 1 aliphatic carbocycles. The molecule has 168 valence electrons. The van der Waals surface area contributed by atoms with Crippen LogP contribution in [0.25, 0.3) is 0 Å². The molecular formula is C25H28Cl2N4O. The molecule has 0 radical (unpaired) electrons. The van der Waals surface area contributed by atoms with Gasteiger partial charge in [0, 0.05) is 23.8 Å². The first kappa shape index (κ1) is 22.8. The van der Waals surface area contributed by atoms with Gasteiger partial charge in [-0.25, -0.2) is 0 Å². The smallest absolute Gasteiger partial charge is 0.253 e. The first-order chi connectivity index (χ1) is 15.5. The van der Waals surface area contributed by atoms with Crippen molar-refractivity contribution in [2.75, 3.05) is 13.6 Å². The number of halogens is 2. The van der Waals surface area contributed by atoms with Crippen LogP contribution in [0, 0.1) is 5.92 Å². The van der Waals surface area contributed by atoms with E-state index in [1.165, 1.54) is 5.56 Å². The normalized spacial score (nSPS) is 19.6. The first-order valence-corrected chi connectivity index (χ1v) is 11.8. The van der Waals surface area contributed by atoms with Gasteiger partial charge in [-0.2, -0.15) is 5.10 Å². The minimum Gasteiger partial charge on any atom is -0.349 e. The zero-order chi connectivity index (χ0) is 22.5.